The van der Waals surface area contributed by atoms with Gasteiger partial charge in [-0.3, -0.25) is 4.79 Å². The number of hydrazine groups is 1. The van der Waals surface area contributed by atoms with Gasteiger partial charge in [0.15, 0.2) is 18.0 Å². The van der Waals surface area contributed by atoms with Crippen LogP contribution in [0, 0.1) is 0 Å². The molecule has 1 heterocycles. The zero-order chi connectivity index (χ0) is 16.4. The summed E-state index contributed by atoms with van der Waals surface area (Å²) in [5.41, 5.74) is 2.22. The average Bonchev–Trinajstić information content (AvgIpc) is 2.70. The zero-order valence-corrected chi connectivity index (χ0v) is 12.6. The maximum Gasteiger partial charge on any atom is 0.425 e. The Labute approximate surface area is 122 Å². The number of hydrogen-bond donors (Lipinski definition) is 2. The summed E-state index contributed by atoms with van der Waals surface area (Å²) in [5, 5.41) is 10.1. The smallest absolute Gasteiger partial charge is 0.425 e. The first kappa shape index (κ1) is 17.2. The fourth-order valence-electron chi connectivity index (χ4n) is 1.84. The third kappa shape index (κ3) is 4.05. The quantitative estimate of drug-likeness (QED) is 0.710. The molecule has 0 bridgehead atoms. The van der Waals surface area contributed by atoms with Crippen LogP contribution in [-0.4, -0.2) is 59.2 Å². The van der Waals surface area contributed by atoms with Crippen LogP contribution in [0.5, 0.6) is 0 Å². The van der Waals surface area contributed by atoms with Gasteiger partial charge in [0.1, 0.15) is 0 Å². The van der Waals surface area contributed by atoms with Crippen molar-refractivity contribution in [3.8, 4) is 0 Å². The van der Waals surface area contributed by atoms with Gasteiger partial charge in [0.05, 0.1) is 7.11 Å². The summed E-state index contributed by atoms with van der Waals surface area (Å²) in [6, 6.07) is -0.432. The van der Waals surface area contributed by atoms with Crippen molar-refractivity contribution < 1.29 is 33.7 Å². The number of methoxy groups -OCH3 is 1. The Morgan fingerprint density at radius 2 is 1.76 bits per heavy atom. The van der Waals surface area contributed by atoms with Crippen LogP contribution in [0.3, 0.4) is 0 Å². The van der Waals surface area contributed by atoms with E-state index >= 15 is 0 Å². The van der Waals surface area contributed by atoms with E-state index in [9.17, 15) is 14.4 Å². The van der Waals surface area contributed by atoms with Gasteiger partial charge in [0.25, 0.3) is 5.91 Å². The summed E-state index contributed by atoms with van der Waals surface area (Å²) in [6.07, 6.45) is -3.66. The van der Waals surface area contributed by atoms with E-state index in [1.54, 1.807) is 13.8 Å². The van der Waals surface area contributed by atoms with Crippen LogP contribution < -0.4 is 5.43 Å². The first-order valence-corrected chi connectivity index (χ1v) is 6.35. The lowest BCUT2D eigenvalue weighted by molar-refractivity contribution is -0.168. The second-order valence-electron chi connectivity index (χ2n) is 5.22. The van der Waals surface area contributed by atoms with Crippen LogP contribution >= 0.6 is 0 Å². The number of ether oxygens (including phenoxy) is 3. The molecule has 0 unspecified atom stereocenters. The van der Waals surface area contributed by atoms with E-state index in [0.717, 1.165) is 12.1 Å². The van der Waals surface area contributed by atoms with E-state index in [0.29, 0.717) is 0 Å². The molecular weight excluding hydrogens is 284 g/mol. The van der Waals surface area contributed by atoms with Crippen molar-refractivity contribution in [2.24, 2.45) is 0 Å². The maximum absolute atomic E-state index is 12.4. The molecule has 2 amide bonds. The lowest BCUT2D eigenvalue weighted by atomic mass is 10.2. The van der Waals surface area contributed by atoms with Gasteiger partial charge in [-0.05, 0) is 27.7 Å². The summed E-state index contributed by atoms with van der Waals surface area (Å²) in [5.74, 6) is -3.26. The van der Waals surface area contributed by atoms with E-state index in [1.807, 2.05) is 0 Å². The van der Waals surface area contributed by atoms with Gasteiger partial charge < -0.3 is 19.3 Å². The Kier molecular flexibility index (Phi) is 5.13. The summed E-state index contributed by atoms with van der Waals surface area (Å²) in [7, 11) is 1.15. The molecule has 1 aliphatic rings. The zero-order valence-electron chi connectivity index (χ0n) is 12.6. The maximum atomic E-state index is 12.4. The summed E-state index contributed by atoms with van der Waals surface area (Å²) in [6.45, 7) is 6.29. The van der Waals surface area contributed by atoms with E-state index < -0.39 is 42.0 Å². The predicted octanol–water partition coefficient (Wildman–Crippen LogP) is 0.0991. The Morgan fingerprint density at radius 1 is 1.24 bits per heavy atom. The molecule has 9 heteroatoms. The highest BCUT2D eigenvalue weighted by Gasteiger charge is 2.50. The van der Waals surface area contributed by atoms with Gasteiger partial charge in [-0.15, -0.1) is 0 Å². The molecule has 21 heavy (non-hydrogen) atoms. The largest absolute Gasteiger partial charge is 0.479 e. The first-order valence-electron chi connectivity index (χ1n) is 6.35. The molecular formula is C12H20N2O7. The minimum atomic E-state index is -1.45. The molecule has 0 aromatic heterocycles. The van der Waals surface area contributed by atoms with Crippen LogP contribution in [0.15, 0.2) is 0 Å². The monoisotopic (exact) mass is 304 g/mol. The van der Waals surface area contributed by atoms with Crippen molar-refractivity contribution in [1.29, 1.82) is 0 Å². The van der Waals surface area contributed by atoms with Crippen molar-refractivity contribution in [3.63, 3.8) is 0 Å². The minimum Gasteiger partial charge on any atom is -0.479 e. The van der Waals surface area contributed by atoms with Crippen molar-refractivity contribution in [2.45, 2.75) is 51.7 Å². The summed E-state index contributed by atoms with van der Waals surface area (Å²) < 4.78 is 15.0. The lowest BCUT2D eigenvalue weighted by Crippen LogP contribution is -2.56. The molecule has 0 radical (unpaired) electrons. The molecule has 120 valence electrons. The minimum absolute atomic E-state index is 0.432. The highest BCUT2D eigenvalue weighted by molar-refractivity contribution is 5.89. The number of aliphatic carboxylic acids is 1. The predicted molar refractivity (Wildman–Crippen MR) is 69.0 cm³/mol. The SMILES string of the molecule is COC(=O)NN(C(=O)[C@@H]1OC(C)(C)O[C@H]1C(=O)O)C(C)C. The van der Waals surface area contributed by atoms with Crippen LogP contribution in [-0.2, 0) is 23.8 Å². The Bertz CT molecular complexity index is 435. The van der Waals surface area contributed by atoms with Crippen LogP contribution in [0.25, 0.3) is 0 Å². The lowest BCUT2D eigenvalue weighted by Gasteiger charge is -2.29. The van der Waals surface area contributed by atoms with E-state index in [4.69, 9.17) is 14.6 Å². The highest BCUT2D eigenvalue weighted by Crippen LogP contribution is 2.29. The van der Waals surface area contributed by atoms with Crippen LogP contribution in [0.2, 0.25) is 0 Å². The fraction of sp³-hybridized carbons (Fsp3) is 0.750. The number of amides is 2. The van der Waals surface area contributed by atoms with Crippen LogP contribution in [0.4, 0.5) is 4.79 Å². The normalized spacial score (nSPS) is 23.7. The molecule has 1 rings (SSSR count). The molecule has 0 aliphatic carbocycles. The average molecular weight is 304 g/mol. The fourth-order valence-corrected chi connectivity index (χ4v) is 1.84. The number of nitrogens with one attached hydrogen (secondary N) is 1. The van der Waals surface area contributed by atoms with Gasteiger partial charge in [0, 0.05) is 6.04 Å². The van der Waals surface area contributed by atoms with Crippen molar-refractivity contribution in [3.05, 3.63) is 0 Å². The Morgan fingerprint density at radius 3 is 2.19 bits per heavy atom. The second kappa shape index (κ2) is 6.27. The molecule has 1 saturated heterocycles. The molecule has 0 aromatic carbocycles. The number of carbonyl (C=O) groups is 3. The van der Waals surface area contributed by atoms with Gasteiger partial charge in [-0.25, -0.2) is 20.0 Å². The second-order valence-corrected chi connectivity index (χ2v) is 5.22. The Balaban J connectivity index is 2.96. The first-order chi connectivity index (χ1) is 9.59. The van der Waals surface area contributed by atoms with Crippen molar-refractivity contribution in [2.75, 3.05) is 7.11 Å². The van der Waals surface area contributed by atoms with Crippen molar-refractivity contribution >= 4 is 18.0 Å². The Hall–Kier alpha value is -1.87. The van der Waals surface area contributed by atoms with Gasteiger partial charge >= 0.3 is 12.1 Å². The number of hydrogen-bond acceptors (Lipinski definition) is 6. The number of carboxylic acid groups (broad SMARTS) is 1. The van der Waals surface area contributed by atoms with E-state index in [1.165, 1.54) is 13.8 Å². The number of carbonyl (C=O) groups excluding carboxylic acids is 2. The van der Waals surface area contributed by atoms with Gasteiger partial charge in [0.2, 0.25) is 0 Å². The molecule has 9 nitrogen and oxygen atoms in total. The molecule has 2 N–H and O–H groups in total. The molecule has 0 spiro atoms. The standard InChI is InChI=1S/C12H20N2O7/c1-6(2)14(13-11(18)19-5)9(15)7-8(10(16)17)21-12(3,4)20-7/h6-8H,1-5H3,(H,13,18)(H,16,17)/t7-,8-/m1/s1. The van der Waals surface area contributed by atoms with Gasteiger partial charge in [-0.1, -0.05) is 0 Å². The third-order valence-corrected chi connectivity index (χ3v) is 2.73. The molecule has 2 atom stereocenters. The third-order valence-electron chi connectivity index (χ3n) is 2.73. The summed E-state index contributed by atoms with van der Waals surface area (Å²) in [4.78, 5) is 34.9. The topological polar surface area (TPSA) is 114 Å². The number of carboxylic acids is 1. The molecule has 0 aromatic rings. The highest BCUT2D eigenvalue weighted by atomic mass is 16.8. The van der Waals surface area contributed by atoms with Crippen LogP contribution in [0.1, 0.15) is 27.7 Å². The number of rotatable bonds is 3. The summed E-state index contributed by atoms with van der Waals surface area (Å²) >= 11 is 0. The van der Waals surface area contributed by atoms with E-state index in [-0.39, 0.29) is 0 Å². The van der Waals surface area contributed by atoms with Gasteiger partial charge in [-0.2, -0.15) is 0 Å². The molecule has 1 fully saturated rings. The molecule has 0 saturated carbocycles. The number of nitrogens with zero attached hydrogens (tertiary/aromatic N) is 1. The van der Waals surface area contributed by atoms with Crippen molar-refractivity contribution in [1.82, 2.24) is 10.4 Å². The van der Waals surface area contributed by atoms with E-state index in [2.05, 4.69) is 10.2 Å². The molecule has 1 aliphatic heterocycles.